The van der Waals surface area contributed by atoms with Crippen LogP contribution in [0.15, 0.2) is 52.3 Å². The number of aromatic nitrogens is 3. The fourth-order valence-electron chi connectivity index (χ4n) is 3.51. The third-order valence-corrected chi connectivity index (χ3v) is 6.08. The number of benzene rings is 2. The lowest BCUT2D eigenvalue weighted by molar-refractivity contribution is 0.102. The number of rotatable bonds is 4. The van der Waals surface area contributed by atoms with Gasteiger partial charge in [0.15, 0.2) is 5.78 Å². The van der Waals surface area contributed by atoms with E-state index < -0.39 is 0 Å². The molecule has 0 saturated heterocycles. The molecule has 0 aliphatic heterocycles. The minimum atomic E-state index is -0.0971. The Kier molecular flexibility index (Phi) is 4.59. The van der Waals surface area contributed by atoms with Crippen LogP contribution in [0.5, 0.6) is 0 Å². The van der Waals surface area contributed by atoms with Crippen molar-refractivity contribution < 1.29 is 4.79 Å². The van der Waals surface area contributed by atoms with E-state index >= 15 is 0 Å². The van der Waals surface area contributed by atoms with Crippen molar-refractivity contribution in [3.8, 4) is 0 Å². The van der Waals surface area contributed by atoms with Crippen LogP contribution in [0.25, 0.3) is 21.9 Å². The lowest BCUT2D eigenvalue weighted by Gasteiger charge is -2.08. The Morgan fingerprint density at radius 3 is 2.54 bits per heavy atom. The van der Waals surface area contributed by atoms with E-state index in [1.54, 1.807) is 35.4 Å². The summed E-state index contributed by atoms with van der Waals surface area (Å²) in [5, 5.41) is 1.99. The predicted octanol–water partition coefficient (Wildman–Crippen LogP) is 4.02. The van der Waals surface area contributed by atoms with Crippen molar-refractivity contribution in [2.75, 3.05) is 5.75 Å². The highest BCUT2D eigenvalue weighted by Gasteiger charge is 2.13. The number of ketones is 1. The van der Waals surface area contributed by atoms with Gasteiger partial charge in [-0.2, -0.15) is 0 Å². The molecule has 142 valence electrons. The van der Waals surface area contributed by atoms with Crippen molar-refractivity contribution in [1.29, 1.82) is 0 Å². The Labute approximate surface area is 167 Å². The average molecular weight is 391 g/mol. The molecule has 0 saturated carbocycles. The van der Waals surface area contributed by atoms with Crippen molar-refractivity contribution in [3.05, 3.63) is 69.6 Å². The zero-order valence-electron chi connectivity index (χ0n) is 16.3. The number of nitrogens with zero attached hydrogens (tertiary/aromatic N) is 3. The van der Waals surface area contributed by atoms with Gasteiger partial charge in [-0.1, -0.05) is 30.0 Å². The predicted molar refractivity (Wildman–Crippen MR) is 114 cm³/mol. The first-order chi connectivity index (χ1) is 13.4. The number of hydrogen-bond acceptors (Lipinski definition) is 4. The molecule has 0 unspecified atom stereocenters. The van der Waals surface area contributed by atoms with Crippen LogP contribution in [0.3, 0.4) is 0 Å². The lowest BCUT2D eigenvalue weighted by Crippen LogP contribution is -2.19. The summed E-state index contributed by atoms with van der Waals surface area (Å²) in [6, 6.07) is 13.6. The molecule has 0 spiro atoms. The van der Waals surface area contributed by atoms with Gasteiger partial charge in [0.1, 0.15) is 0 Å². The SMILES string of the molecule is Cc1cc(SCC(=O)c2ccc3c(c2)n(C)c(=O)n3C)nc2c(C)cccc12. The van der Waals surface area contributed by atoms with Gasteiger partial charge < -0.3 is 0 Å². The molecule has 0 bridgehead atoms. The van der Waals surface area contributed by atoms with E-state index in [-0.39, 0.29) is 11.5 Å². The Balaban J connectivity index is 1.60. The van der Waals surface area contributed by atoms with Gasteiger partial charge in [-0.15, -0.1) is 0 Å². The van der Waals surface area contributed by atoms with Gasteiger partial charge in [-0.3, -0.25) is 13.9 Å². The van der Waals surface area contributed by atoms with E-state index in [2.05, 4.69) is 13.0 Å². The summed E-state index contributed by atoms with van der Waals surface area (Å²) < 4.78 is 3.15. The van der Waals surface area contributed by atoms with Gasteiger partial charge in [-0.05, 0) is 49.2 Å². The second-order valence-electron chi connectivity index (χ2n) is 7.06. The number of carbonyl (C=O) groups is 1. The van der Waals surface area contributed by atoms with E-state index in [0.29, 0.717) is 11.3 Å². The summed E-state index contributed by atoms with van der Waals surface area (Å²) in [6.45, 7) is 4.12. The summed E-state index contributed by atoms with van der Waals surface area (Å²) in [6.07, 6.45) is 0. The van der Waals surface area contributed by atoms with Gasteiger partial charge in [0.25, 0.3) is 0 Å². The Morgan fingerprint density at radius 2 is 1.75 bits per heavy atom. The van der Waals surface area contributed by atoms with Crippen molar-refractivity contribution >= 4 is 39.5 Å². The molecule has 0 N–H and O–H groups in total. The zero-order valence-corrected chi connectivity index (χ0v) is 17.1. The monoisotopic (exact) mass is 391 g/mol. The number of Topliss-reactive ketones (excluding diaryl/α,β-unsaturated/α-hetero) is 1. The molecule has 0 fully saturated rings. The Hall–Kier alpha value is -2.86. The maximum atomic E-state index is 12.7. The molecule has 4 aromatic rings. The van der Waals surface area contributed by atoms with Crippen LogP contribution in [0, 0.1) is 13.8 Å². The lowest BCUT2D eigenvalue weighted by atomic mass is 10.1. The zero-order chi connectivity index (χ0) is 20.0. The summed E-state index contributed by atoms with van der Waals surface area (Å²) in [5.41, 5.74) is 5.36. The summed E-state index contributed by atoms with van der Waals surface area (Å²) >= 11 is 1.44. The van der Waals surface area contributed by atoms with E-state index in [4.69, 9.17) is 4.98 Å². The molecule has 0 amide bonds. The largest absolute Gasteiger partial charge is 0.328 e. The molecule has 28 heavy (non-hydrogen) atoms. The van der Waals surface area contributed by atoms with Gasteiger partial charge in [0.05, 0.1) is 27.3 Å². The van der Waals surface area contributed by atoms with Gasteiger partial charge in [0, 0.05) is 25.0 Å². The van der Waals surface area contributed by atoms with Crippen LogP contribution in [-0.2, 0) is 14.1 Å². The first kappa shape index (κ1) is 18.5. The molecule has 6 heteroatoms. The average Bonchev–Trinajstić information content (AvgIpc) is 2.91. The first-order valence-corrected chi connectivity index (χ1v) is 10.0. The number of para-hydroxylation sites is 1. The Morgan fingerprint density at radius 1 is 1.00 bits per heavy atom. The number of fused-ring (bicyclic) bond motifs is 2. The summed E-state index contributed by atoms with van der Waals surface area (Å²) in [5.74, 6) is 0.323. The normalized spacial score (nSPS) is 11.4. The third kappa shape index (κ3) is 3.03. The van der Waals surface area contributed by atoms with Crippen LogP contribution in [0.2, 0.25) is 0 Å². The highest BCUT2D eigenvalue weighted by Crippen LogP contribution is 2.26. The molecular formula is C22H21N3O2S. The standard InChI is InChI=1S/C22H21N3O2S/c1-13-6-5-7-16-14(2)10-20(23-21(13)16)28-12-19(26)15-8-9-17-18(11-15)25(4)22(27)24(17)3/h5-11H,12H2,1-4H3. The second-order valence-corrected chi connectivity index (χ2v) is 8.06. The van der Waals surface area contributed by atoms with Crippen LogP contribution in [0.1, 0.15) is 21.5 Å². The summed E-state index contributed by atoms with van der Waals surface area (Å²) in [4.78, 5) is 29.6. The van der Waals surface area contributed by atoms with Crippen molar-refractivity contribution in [2.45, 2.75) is 18.9 Å². The van der Waals surface area contributed by atoms with Crippen molar-refractivity contribution in [3.63, 3.8) is 0 Å². The number of carbonyl (C=O) groups excluding carboxylic acids is 1. The number of thioether (sulfide) groups is 1. The molecule has 2 aromatic heterocycles. The minimum absolute atomic E-state index is 0.0209. The molecular weight excluding hydrogens is 370 g/mol. The number of imidazole rings is 1. The smallest absolute Gasteiger partial charge is 0.295 e. The third-order valence-electron chi connectivity index (χ3n) is 5.17. The molecule has 5 nitrogen and oxygen atoms in total. The molecule has 0 radical (unpaired) electrons. The minimum Gasteiger partial charge on any atom is -0.295 e. The van der Waals surface area contributed by atoms with Crippen LogP contribution in [0.4, 0.5) is 0 Å². The number of pyridine rings is 1. The first-order valence-electron chi connectivity index (χ1n) is 9.05. The van der Waals surface area contributed by atoms with Crippen molar-refractivity contribution in [2.24, 2.45) is 14.1 Å². The van der Waals surface area contributed by atoms with Crippen LogP contribution >= 0.6 is 11.8 Å². The molecule has 2 heterocycles. The molecule has 2 aromatic carbocycles. The molecule has 4 rings (SSSR count). The maximum absolute atomic E-state index is 12.7. The number of aryl methyl sites for hydroxylation is 4. The van der Waals surface area contributed by atoms with Gasteiger partial charge >= 0.3 is 5.69 Å². The van der Waals surface area contributed by atoms with E-state index in [1.165, 1.54) is 11.8 Å². The quantitative estimate of drug-likeness (QED) is 0.389. The molecule has 0 aliphatic carbocycles. The fourth-order valence-corrected chi connectivity index (χ4v) is 4.37. The van der Waals surface area contributed by atoms with Gasteiger partial charge in [-0.25, -0.2) is 9.78 Å². The van der Waals surface area contributed by atoms with E-state index in [0.717, 1.165) is 38.1 Å². The van der Waals surface area contributed by atoms with E-state index in [9.17, 15) is 9.59 Å². The number of hydrogen-bond donors (Lipinski definition) is 0. The fraction of sp³-hybridized carbons (Fsp3) is 0.227. The van der Waals surface area contributed by atoms with Gasteiger partial charge in [0.2, 0.25) is 0 Å². The molecule has 0 aliphatic rings. The highest BCUT2D eigenvalue weighted by atomic mass is 32.2. The molecule has 0 atom stereocenters. The van der Waals surface area contributed by atoms with Crippen molar-refractivity contribution in [1.82, 2.24) is 14.1 Å². The second kappa shape index (κ2) is 6.95. The van der Waals surface area contributed by atoms with Crippen LogP contribution < -0.4 is 5.69 Å². The van der Waals surface area contributed by atoms with E-state index in [1.807, 2.05) is 31.2 Å². The van der Waals surface area contributed by atoms with Crippen LogP contribution in [-0.4, -0.2) is 25.7 Å². The highest BCUT2D eigenvalue weighted by molar-refractivity contribution is 7.99. The topological polar surface area (TPSA) is 56.9 Å². The maximum Gasteiger partial charge on any atom is 0.328 e. The Bertz CT molecular complexity index is 1300. The summed E-state index contributed by atoms with van der Waals surface area (Å²) in [7, 11) is 3.45.